The monoisotopic (exact) mass is 539 g/mol. The van der Waals surface area contributed by atoms with E-state index < -0.39 is 60.9 Å². The van der Waals surface area contributed by atoms with Crippen LogP contribution in [0, 0.1) is 22.4 Å². The van der Waals surface area contributed by atoms with E-state index in [4.69, 9.17) is 16.4 Å². The molecule has 0 radical (unpaired) electrons. The van der Waals surface area contributed by atoms with Crippen molar-refractivity contribution in [2.24, 2.45) is 11.8 Å². The number of halogens is 7. The van der Waals surface area contributed by atoms with Crippen molar-refractivity contribution >= 4 is 38.6 Å². The van der Waals surface area contributed by atoms with Crippen molar-refractivity contribution in [3.05, 3.63) is 52.3 Å². The summed E-state index contributed by atoms with van der Waals surface area (Å²) in [7, 11) is -3.47. The zero-order valence-electron chi connectivity index (χ0n) is 18.2. The summed E-state index contributed by atoms with van der Waals surface area (Å²) in [5.74, 6) is -5.48. The Labute approximate surface area is 202 Å². The summed E-state index contributed by atoms with van der Waals surface area (Å²) in [5.41, 5.74) is -1.55. The van der Waals surface area contributed by atoms with Gasteiger partial charge in [0, 0.05) is 37.9 Å². The molecule has 2 N–H and O–H groups in total. The molecule has 13 heteroatoms. The van der Waals surface area contributed by atoms with Crippen LogP contribution in [0.15, 0.2) is 35.2 Å². The average Bonchev–Trinajstić information content (AvgIpc) is 3.20. The number of nitrogens with one attached hydrogen (secondary N) is 2. The molecule has 1 heterocycles. The molecule has 0 bridgehead atoms. The normalized spacial score (nSPS) is 23.1. The predicted molar refractivity (Wildman–Crippen MR) is 119 cm³/mol. The minimum atomic E-state index is -4.81. The van der Waals surface area contributed by atoms with E-state index in [0.717, 1.165) is 36.6 Å². The third-order valence-corrected chi connectivity index (χ3v) is 7.75. The number of hydrogen-bond donors (Lipinski definition) is 2. The number of hydrogen-bond acceptors (Lipinski definition) is 4. The van der Waals surface area contributed by atoms with E-state index in [9.17, 15) is 35.3 Å². The molecule has 35 heavy (non-hydrogen) atoms. The maximum absolute atomic E-state index is 14.0. The quantitative estimate of drug-likeness (QED) is 0.450. The van der Waals surface area contributed by atoms with Gasteiger partial charge in [0.15, 0.2) is 0 Å². The number of amides is 1. The topological polar surface area (TPSA) is 73.3 Å². The Kier molecular flexibility index (Phi) is 6.28. The lowest BCUT2D eigenvalue weighted by Gasteiger charge is -2.25. The highest BCUT2D eigenvalue weighted by Crippen LogP contribution is 2.49. The lowest BCUT2D eigenvalue weighted by Crippen LogP contribution is -2.27. The zero-order chi connectivity index (χ0) is 25.9. The molecular weight excluding hydrogens is 520 g/mol. The molecule has 4 rings (SSSR count). The first kappa shape index (κ1) is 25.6. The number of nitrogens with zero attached hydrogens (tertiary/aromatic N) is 1. The summed E-state index contributed by atoms with van der Waals surface area (Å²) in [6.45, 7) is 0.105. The van der Waals surface area contributed by atoms with E-state index >= 15 is 0 Å². The third-order valence-electron chi connectivity index (χ3n) is 6.28. The van der Waals surface area contributed by atoms with Gasteiger partial charge in [0.2, 0.25) is 5.92 Å². The van der Waals surface area contributed by atoms with Crippen molar-refractivity contribution in [2.45, 2.75) is 29.8 Å². The molecule has 1 aliphatic heterocycles. The summed E-state index contributed by atoms with van der Waals surface area (Å²) in [5, 5.41) is 1.69. The van der Waals surface area contributed by atoms with Crippen molar-refractivity contribution in [2.75, 3.05) is 29.6 Å². The van der Waals surface area contributed by atoms with Crippen LogP contribution in [0.4, 0.5) is 37.7 Å². The summed E-state index contributed by atoms with van der Waals surface area (Å²) in [6.07, 6.45) is -4.57. The third kappa shape index (κ3) is 5.23. The molecule has 1 aliphatic carbocycles. The Morgan fingerprint density at radius 1 is 1.17 bits per heavy atom. The van der Waals surface area contributed by atoms with E-state index in [1.54, 1.807) is 0 Å². The Balaban J connectivity index is 1.71. The Morgan fingerprint density at radius 3 is 2.31 bits per heavy atom. The van der Waals surface area contributed by atoms with Crippen LogP contribution in [0.1, 0.15) is 28.8 Å². The molecule has 1 saturated heterocycles. The largest absolute Gasteiger partial charge is 0.417 e. The van der Waals surface area contributed by atoms with Gasteiger partial charge in [0.25, 0.3) is 5.91 Å². The molecule has 0 aromatic heterocycles. The average molecular weight is 540 g/mol. The van der Waals surface area contributed by atoms with Gasteiger partial charge in [-0.15, -0.1) is 0 Å². The summed E-state index contributed by atoms with van der Waals surface area (Å²) in [4.78, 5) is 14.1. The molecule has 3 atom stereocenters. The van der Waals surface area contributed by atoms with Crippen LogP contribution in [-0.2, 0) is 15.9 Å². The molecule has 0 spiro atoms. The number of carbonyl (C=O) groups excluding carboxylic acids is 1. The summed E-state index contributed by atoms with van der Waals surface area (Å²) >= 11 is 5.85. The van der Waals surface area contributed by atoms with Crippen LogP contribution in [0.25, 0.3) is 0 Å². The molecule has 2 aromatic carbocycles. The number of fused-ring (bicyclic) bond motifs is 1. The maximum Gasteiger partial charge on any atom is 0.417 e. The molecule has 5 nitrogen and oxygen atoms in total. The second kappa shape index (κ2) is 8.58. The molecule has 2 aliphatic rings. The number of carbonyl (C=O) groups is 1. The van der Waals surface area contributed by atoms with Crippen molar-refractivity contribution in [3.8, 4) is 0 Å². The smallest absolute Gasteiger partial charge is 0.370 e. The molecule has 1 unspecified atom stereocenters. The van der Waals surface area contributed by atoms with Gasteiger partial charge in [0.05, 0.1) is 36.5 Å². The highest BCUT2D eigenvalue weighted by molar-refractivity contribution is 7.91. The lowest BCUT2D eigenvalue weighted by atomic mass is 10.0. The second-order valence-electron chi connectivity index (χ2n) is 8.98. The fourth-order valence-corrected chi connectivity index (χ4v) is 5.81. The Morgan fingerprint density at radius 2 is 1.77 bits per heavy atom. The molecule has 2 fully saturated rings. The minimum absolute atomic E-state index is 0.0341. The van der Waals surface area contributed by atoms with Gasteiger partial charge >= 0.3 is 6.18 Å². The highest BCUT2D eigenvalue weighted by Gasteiger charge is 2.50. The van der Waals surface area contributed by atoms with Crippen LogP contribution in [0.2, 0.25) is 5.02 Å². The van der Waals surface area contributed by atoms with Crippen molar-refractivity contribution in [3.63, 3.8) is 0 Å². The fraction of sp³-hybridized carbons (Fsp3) is 0.409. The molecule has 1 saturated carbocycles. The molecule has 2 aromatic rings. The van der Waals surface area contributed by atoms with E-state index in [-0.39, 0.29) is 42.9 Å². The summed E-state index contributed by atoms with van der Waals surface area (Å²) < 4.78 is 102. The van der Waals surface area contributed by atoms with Crippen LogP contribution in [0.3, 0.4) is 0 Å². The maximum atomic E-state index is 14.0. The molecule has 1 amide bonds. The first-order valence-electron chi connectivity index (χ1n) is 10.4. The standard InChI is InChI=1S/C22H20ClF6N3O2S/c1-35(30,34)19-4-13(2-3-17(19)24)31-20(33)14-5-16(23)15(22(27,28)29)6-18(14)32-9-11-7-21(25,26)8-12(11)10-32/h2-6,11-12,30H,7-10H2,1H3,(H,31,33)/t11-,12+,35?. The Bertz CT molecular complexity index is 1280. The number of alkyl halides is 5. The van der Waals surface area contributed by atoms with Gasteiger partial charge < -0.3 is 10.2 Å². The van der Waals surface area contributed by atoms with Crippen LogP contribution in [-0.4, -0.2) is 35.4 Å². The minimum Gasteiger partial charge on any atom is -0.370 e. The van der Waals surface area contributed by atoms with E-state index in [1.807, 2.05) is 0 Å². The van der Waals surface area contributed by atoms with Gasteiger partial charge in [-0.2, -0.15) is 13.2 Å². The Hall–Kier alpha value is -2.47. The SMILES string of the molecule is CS(=N)(=O)c1cc(NC(=O)c2cc(Cl)c(C(F)(F)F)cc2N2C[C@@H]3CC(F)(F)C[C@@H]3C2)ccc1F. The zero-order valence-corrected chi connectivity index (χ0v) is 19.8. The number of anilines is 2. The second-order valence-corrected chi connectivity index (χ2v) is 11.5. The van der Waals surface area contributed by atoms with E-state index in [2.05, 4.69) is 5.32 Å². The lowest BCUT2D eigenvalue weighted by molar-refractivity contribution is -0.137. The van der Waals surface area contributed by atoms with Gasteiger partial charge in [-0.1, -0.05) is 11.6 Å². The first-order valence-corrected chi connectivity index (χ1v) is 12.8. The first-order chi connectivity index (χ1) is 16.0. The van der Waals surface area contributed by atoms with Gasteiger partial charge in [-0.05, 0) is 42.2 Å². The van der Waals surface area contributed by atoms with E-state index in [0.29, 0.717) is 0 Å². The highest BCUT2D eigenvalue weighted by atomic mass is 35.5. The number of rotatable bonds is 4. The molecular formula is C22H20ClF6N3O2S. The van der Waals surface area contributed by atoms with Crippen LogP contribution in [0.5, 0.6) is 0 Å². The van der Waals surface area contributed by atoms with Gasteiger partial charge in [-0.3, -0.25) is 4.79 Å². The predicted octanol–water partition coefficient (Wildman–Crippen LogP) is 6.27. The molecule has 190 valence electrons. The van der Waals surface area contributed by atoms with Gasteiger partial charge in [0.1, 0.15) is 5.82 Å². The van der Waals surface area contributed by atoms with Crippen molar-refractivity contribution in [1.82, 2.24) is 0 Å². The van der Waals surface area contributed by atoms with Gasteiger partial charge in [-0.25, -0.2) is 22.2 Å². The van der Waals surface area contributed by atoms with E-state index in [1.165, 1.54) is 4.90 Å². The van der Waals surface area contributed by atoms with Crippen LogP contribution >= 0.6 is 11.6 Å². The van der Waals surface area contributed by atoms with Crippen LogP contribution < -0.4 is 10.2 Å². The van der Waals surface area contributed by atoms with Crippen molar-refractivity contribution < 1.29 is 35.3 Å². The van der Waals surface area contributed by atoms with Crippen molar-refractivity contribution in [1.29, 1.82) is 4.78 Å². The summed E-state index contributed by atoms with van der Waals surface area (Å²) in [6, 6.07) is 4.65. The number of benzene rings is 2. The fourth-order valence-electron chi connectivity index (χ4n) is 4.75.